The summed E-state index contributed by atoms with van der Waals surface area (Å²) in [5.41, 5.74) is 0.559. The summed E-state index contributed by atoms with van der Waals surface area (Å²) in [6.45, 7) is 9.51. The molecule has 0 atom stereocenters. The average molecular weight is 235 g/mol. The van der Waals surface area contributed by atoms with Crippen molar-refractivity contribution in [1.82, 2.24) is 5.32 Å². The van der Waals surface area contributed by atoms with E-state index in [0.29, 0.717) is 12.1 Å². The normalized spacial score (nSPS) is 11.7. The van der Waals surface area contributed by atoms with Crippen molar-refractivity contribution in [2.75, 3.05) is 6.54 Å². The minimum atomic E-state index is -0.407. The fraction of sp³-hybridized carbons (Fsp3) is 0.333. The van der Waals surface area contributed by atoms with Gasteiger partial charge >= 0.3 is 6.03 Å². The van der Waals surface area contributed by atoms with Crippen LogP contribution in [0.5, 0.6) is 0 Å². The molecule has 0 fully saturated rings. The molecule has 1 rings (SSSR count). The van der Waals surface area contributed by atoms with Gasteiger partial charge in [0, 0.05) is 12.1 Å². The first-order chi connectivity index (χ1) is 8.07. The number of hydrogen-bond acceptors (Lipinski definition) is 2. The molecule has 0 aromatic rings. The molecule has 0 aromatic carbocycles. The molecule has 1 N–H and O–H groups in total. The zero-order valence-electron chi connectivity index (χ0n) is 9.98. The monoisotopic (exact) mass is 235 g/mol. The molecule has 0 aliphatic carbocycles. The van der Waals surface area contributed by atoms with Crippen LogP contribution in [0.3, 0.4) is 0 Å². The second-order valence-electron chi connectivity index (χ2n) is 3.31. The number of carbonyl (C=O) groups is 2. The lowest BCUT2D eigenvalue weighted by atomic mass is 10.3. The second kappa shape index (κ2) is 9.21. The molecular weight excluding hydrogens is 218 g/mol. The Labute approximate surface area is 101 Å². The number of nitrogens with zero attached hydrogens (tertiary/aromatic N) is 2. The Morgan fingerprint density at radius 3 is 2.41 bits per heavy atom. The molecule has 0 unspecified atom stereocenters. The molecular formula is C12H17N3O2. The van der Waals surface area contributed by atoms with Crippen LogP contribution in [-0.2, 0) is 4.79 Å². The summed E-state index contributed by atoms with van der Waals surface area (Å²) in [5.74, 6) is -0.0611. The summed E-state index contributed by atoms with van der Waals surface area (Å²) in [7, 11) is 0. The summed E-state index contributed by atoms with van der Waals surface area (Å²) >= 11 is 0. The van der Waals surface area contributed by atoms with Crippen LogP contribution >= 0.6 is 0 Å². The van der Waals surface area contributed by atoms with Crippen LogP contribution in [0.1, 0.15) is 19.8 Å². The van der Waals surface area contributed by atoms with Gasteiger partial charge in [0.1, 0.15) is 0 Å². The highest BCUT2D eigenvalue weighted by Gasteiger charge is 1.97. The van der Waals surface area contributed by atoms with Gasteiger partial charge in [-0.15, -0.1) is 6.58 Å². The lowest BCUT2D eigenvalue weighted by Gasteiger charge is -2.01. The van der Waals surface area contributed by atoms with Gasteiger partial charge in [0.25, 0.3) is 0 Å². The van der Waals surface area contributed by atoms with E-state index in [9.17, 15) is 9.59 Å². The van der Waals surface area contributed by atoms with Gasteiger partial charge in [-0.3, -0.25) is 4.79 Å². The van der Waals surface area contributed by atoms with Crippen molar-refractivity contribution < 1.29 is 9.59 Å². The van der Waals surface area contributed by atoms with Gasteiger partial charge in [-0.1, -0.05) is 12.7 Å². The van der Waals surface area contributed by atoms with Crippen LogP contribution in [0.15, 0.2) is 34.8 Å². The molecule has 5 nitrogen and oxygen atoms in total. The van der Waals surface area contributed by atoms with E-state index in [4.69, 9.17) is 0 Å². The van der Waals surface area contributed by atoms with Crippen molar-refractivity contribution >= 4 is 24.4 Å². The highest BCUT2D eigenvalue weighted by atomic mass is 16.2. The van der Waals surface area contributed by atoms with Crippen molar-refractivity contribution in [3.05, 3.63) is 24.8 Å². The molecule has 1 heterocycles. The van der Waals surface area contributed by atoms with Gasteiger partial charge in [-0.25, -0.2) is 4.79 Å². The number of amides is 3. The van der Waals surface area contributed by atoms with Crippen LogP contribution in [-0.4, -0.2) is 30.9 Å². The van der Waals surface area contributed by atoms with E-state index in [1.807, 2.05) is 6.08 Å². The van der Waals surface area contributed by atoms with Gasteiger partial charge < -0.3 is 5.32 Å². The average Bonchev–Trinajstić information content (AvgIpc) is 2.76. The molecule has 5 heteroatoms. The number of carbonyl (C=O) groups excluding carboxylic acids is 2. The maximum atomic E-state index is 10.9. The summed E-state index contributed by atoms with van der Waals surface area (Å²) in [6.07, 6.45) is 6.45. The zero-order chi connectivity index (χ0) is 13.1. The van der Waals surface area contributed by atoms with Crippen LogP contribution in [0.25, 0.3) is 0 Å². The molecule has 1 aliphatic rings. The van der Waals surface area contributed by atoms with E-state index in [1.54, 1.807) is 6.92 Å². The standard InChI is InChI=1S/C9H15NO.C3H2N2O/c1-4-5-6-7-10-9(11)8(2)3;6-3-4-1-2-5-3/h4H,1-2,5-7H2,3H3,(H,10,11);1-2H. The summed E-state index contributed by atoms with van der Waals surface area (Å²) in [5, 5.41) is 2.73. The maximum Gasteiger partial charge on any atom is 0.367 e. The van der Waals surface area contributed by atoms with Crippen LogP contribution < -0.4 is 5.32 Å². The van der Waals surface area contributed by atoms with Crippen molar-refractivity contribution in [3.63, 3.8) is 0 Å². The molecule has 0 aromatic heterocycles. The first-order valence-corrected chi connectivity index (χ1v) is 5.23. The van der Waals surface area contributed by atoms with E-state index in [0.717, 1.165) is 12.8 Å². The largest absolute Gasteiger partial charge is 0.367 e. The molecule has 1 aliphatic heterocycles. The third-order valence-electron chi connectivity index (χ3n) is 1.69. The summed E-state index contributed by atoms with van der Waals surface area (Å²) in [6, 6.07) is -0.407. The summed E-state index contributed by atoms with van der Waals surface area (Å²) in [4.78, 5) is 27.2. The Kier molecular flexibility index (Phi) is 8.10. The van der Waals surface area contributed by atoms with Gasteiger partial charge in [0.05, 0.1) is 12.4 Å². The fourth-order valence-electron chi connectivity index (χ4n) is 0.827. The van der Waals surface area contributed by atoms with Crippen molar-refractivity contribution in [1.29, 1.82) is 0 Å². The molecule has 3 amide bonds. The topological polar surface area (TPSA) is 70.9 Å². The Balaban J connectivity index is 0.000000354. The SMILES string of the molecule is C=CCCCNC(=O)C(=C)C.O=C1N=CC=N1. The third-order valence-corrected chi connectivity index (χ3v) is 1.69. The molecule has 0 spiro atoms. The molecule has 92 valence electrons. The number of urea groups is 1. The van der Waals surface area contributed by atoms with Gasteiger partial charge in [-0.2, -0.15) is 9.98 Å². The number of allylic oxidation sites excluding steroid dienone is 1. The van der Waals surface area contributed by atoms with Crippen LogP contribution in [0.4, 0.5) is 4.79 Å². The maximum absolute atomic E-state index is 10.9. The molecule has 0 bridgehead atoms. The Morgan fingerprint density at radius 1 is 1.47 bits per heavy atom. The predicted molar refractivity (Wildman–Crippen MR) is 69.6 cm³/mol. The lowest BCUT2D eigenvalue weighted by Crippen LogP contribution is -2.24. The van der Waals surface area contributed by atoms with E-state index >= 15 is 0 Å². The first kappa shape index (κ1) is 15.0. The van der Waals surface area contributed by atoms with E-state index in [2.05, 4.69) is 28.5 Å². The number of aliphatic imine (C=N–C) groups is 2. The highest BCUT2D eigenvalue weighted by Crippen LogP contribution is 1.89. The van der Waals surface area contributed by atoms with E-state index < -0.39 is 6.03 Å². The number of hydrogen-bond donors (Lipinski definition) is 1. The van der Waals surface area contributed by atoms with E-state index in [1.165, 1.54) is 12.4 Å². The highest BCUT2D eigenvalue weighted by molar-refractivity contribution is 6.25. The Hall–Kier alpha value is -2.04. The van der Waals surface area contributed by atoms with Crippen molar-refractivity contribution in [3.8, 4) is 0 Å². The lowest BCUT2D eigenvalue weighted by molar-refractivity contribution is -0.117. The summed E-state index contributed by atoms with van der Waals surface area (Å²) < 4.78 is 0. The van der Waals surface area contributed by atoms with Crippen LogP contribution in [0.2, 0.25) is 0 Å². The number of nitrogens with one attached hydrogen (secondary N) is 1. The Morgan fingerprint density at radius 2 is 2.06 bits per heavy atom. The molecule has 0 radical (unpaired) electrons. The molecule has 17 heavy (non-hydrogen) atoms. The number of unbranched alkanes of at least 4 members (excludes halogenated alkanes) is 1. The van der Waals surface area contributed by atoms with Crippen molar-refractivity contribution in [2.45, 2.75) is 19.8 Å². The van der Waals surface area contributed by atoms with Crippen LogP contribution in [0, 0.1) is 0 Å². The zero-order valence-corrected chi connectivity index (χ0v) is 9.98. The van der Waals surface area contributed by atoms with Gasteiger partial charge in [0.2, 0.25) is 5.91 Å². The van der Waals surface area contributed by atoms with Gasteiger partial charge in [-0.05, 0) is 19.8 Å². The number of rotatable bonds is 5. The smallest absolute Gasteiger partial charge is 0.352 e. The first-order valence-electron chi connectivity index (χ1n) is 5.23. The third kappa shape index (κ3) is 8.92. The second-order valence-corrected chi connectivity index (χ2v) is 3.31. The molecule has 0 saturated carbocycles. The minimum absolute atomic E-state index is 0.0611. The fourth-order valence-corrected chi connectivity index (χ4v) is 0.827. The van der Waals surface area contributed by atoms with E-state index in [-0.39, 0.29) is 5.91 Å². The predicted octanol–water partition coefficient (Wildman–Crippen LogP) is 1.91. The molecule has 0 saturated heterocycles. The Bertz CT molecular complexity index is 343. The van der Waals surface area contributed by atoms with Gasteiger partial charge in [0.15, 0.2) is 0 Å². The van der Waals surface area contributed by atoms with Crippen molar-refractivity contribution in [2.24, 2.45) is 9.98 Å². The quantitative estimate of drug-likeness (QED) is 0.449. The minimum Gasteiger partial charge on any atom is -0.352 e.